The Bertz CT molecular complexity index is 1150. The number of unbranched alkanes of at least 4 members (excludes halogenated alkanes) is 38. The van der Waals surface area contributed by atoms with E-state index in [-0.39, 0.29) is 18.5 Å². The maximum Gasteiger partial charge on any atom is 0.305 e. The third kappa shape index (κ3) is 53.2. The van der Waals surface area contributed by atoms with Crippen molar-refractivity contribution in [3.63, 3.8) is 0 Å². The molecule has 0 rings (SSSR count). The molecule has 2 atom stereocenters. The number of aliphatic hydroxyl groups is 2. The van der Waals surface area contributed by atoms with Crippen LogP contribution < -0.4 is 5.32 Å². The minimum Gasteiger partial charge on any atom is -0.466 e. The summed E-state index contributed by atoms with van der Waals surface area (Å²) < 4.78 is 5.49. The molecule has 0 saturated carbocycles. The Kier molecular flexibility index (Phi) is 55.6. The fraction of sp³-hybridized carbons (Fsp3) is 0.839. The maximum absolute atomic E-state index is 12.4. The molecule has 0 aromatic carbocycles. The molecule has 0 fully saturated rings. The minimum absolute atomic E-state index is 0.00409. The second kappa shape index (κ2) is 57.4. The normalized spacial score (nSPS) is 12.9. The van der Waals surface area contributed by atoms with Gasteiger partial charge in [-0.05, 0) is 89.9 Å². The first-order valence-corrected chi connectivity index (χ1v) is 29.9. The van der Waals surface area contributed by atoms with Crippen LogP contribution in [0.25, 0.3) is 0 Å². The van der Waals surface area contributed by atoms with Crippen molar-refractivity contribution in [1.29, 1.82) is 0 Å². The largest absolute Gasteiger partial charge is 0.466 e. The predicted molar refractivity (Wildman–Crippen MR) is 296 cm³/mol. The number of nitrogens with one attached hydrogen (secondary N) is 1. The van der Waals surface area contributed by atoms with Crippen LogP contribution in [0.3, 0.4) is 0 Å². The van der Waals surface area contributed by atoms with E-state index in [0.717, 1.165) is 51.4 Å². The second-order valence-corrected chi connectivity index (χ2v) is 20.3. The zero-order chi connectivity index (χ0) is 49.3. The Morgan fingerprint density at radius 3 is 1.15 bits per heavy atom. The molecule has 3 N–H and O–H groups in total. The number of hydrogen-bond donors (Lipinski definition) is 3. The Morgan fingerprint density at radius 1 is 0.412 bits per heavy atom. The van der Waals surface area contributed by atoms with Gasteiger partial charge in [0.2, 0.25) is 5.91 Å². The molecule has 0 saturated heterocycles. The van der Waals surface area contributed by atoms with Crippen molar-refractivity contribution in [2.24, 2.45) is 0 Å². The van der Waals surface area contributed by atoms with Crippen molar-refractivity contribution in [3.05, 3.63) is 48.6 Å². The standard InChI is InChI=1S/C62H115NO5/c1-3-5-7-9-11-13-14-15-16-17-27-30-33-36-40-44-48-52-56-62(67)68-57-53-49-45-41-37-34-31-28-25-23-21-19-18-20-22-24-26-29-32-35-39-43-47-51-55-61(66)63-59(58-64)60(65)54-50-46-42-38-12-10-8-6-4-2/h13-14,16-17,20,22,50,54,59-60,64-65H,3-12,15,18-19,21,23-49,51-53,55-58H2,1-2H3,(H,63,66)/b14-13-,17-16-,22-20-,54-50+. The van der Waals surface area contributed by atoms with Crippen LogP contribution in [0.15, 0.2) is 48.6 Å². The van der Waals surface area contributed by atoms with E-state index in [0.29, 0.717) is 19.4 Å². The molecule has 6 heteroatoms. The summed E-state index contributed by atoms with van der Waals surface area (Å²) in [6, 6.07) is -0.630. The lowest BCUT2D eigenvalue weighted by atomic mass is 10.0. The molecular formula is C62H115NO5. The highest BCUT2D eigenvalue weighted by Gasteiger charge is 2.18. The molecule has 0 aromatic rings. The van der Waals surface area contributed by atoms with Crippen molar-refractivity contribution in [2.45, 2.75) is 321 Å². The number of hydrogen-bond acceptors (Lipinski definition) is 5. The summed E-state index contributed by atoms with van der Waals surface area (Å²) in [7, 11) is 0. The quantitative estimate of drug-likeness (QED) is 0.0321. The summed E-state index contributed by atoms with van der Waals surface area (Å²) in [5, 5.41) is 22.9. The van der Waals surface area contributed by atoms with Gasteiger partial charge in [-0.2, -0.15) is 0 Å². The zero-order valence-electron chi connectivity index (χ0n) is 45.3. The van der Waals surface area contributed by atoms with Gasteiger partial charge in [0.05, 0.1) is 25.4 Å². The van der Waals surface area contributed by atoms with Gasteiger partial charge in [-0.15, -0.1) is 0 Å². The molecule has 6 nitrogen and oxygen atoms in total. The molecule has 2 unspecified atom stereocenters. The van der Waals surface area contributed by atoms with Crippen LogP contribution in [0.2, 0.25) is 0 Å². The molecule has 0 aliphatic heterocycles. The molecule has 398 valence electrons. The van der Waals surface area contributed by atoms with Gasteiger partial charge in [-0.1, -0.05) is 255 Å². The van der Waals surface area contributed by atoms with Crippen molar-refractivity contribution < 1.29 is 24.5 Å². The van der Waals surface area contributed by atoms with Crippen molar-refractivity contribution in [3.8, 4) is 0 Å². The number of rotatable bonds is 55. The topological polar surface area (TPSA) is 95.9 Å². The van der Waals surface area contributed by atoms with Gasteiger partial charge in [-0.3, -0.25) is 9.59 Å². The molecule has 0 aromatic heterocycles. The van der Waals surface area contributed by atoms with E-state index in [4.69, 9.17) is 4.74 Å². The molecule has 0 bridgehead atoms. The lowest BCUT2D eigenvalue weighted by Gasteiger charge is -2.20. The summed E-state index contributed by atoms with van der Waals surface area (Å²) in [6.07, 6.45) is 73.0. The van der Waals surface area contributed by atoms with Crippen molar-refractivity contribution in [2.75, 3.05) is 13.2 Å². The third-order valence-electron chi connectivity index (χ3n) is 13.6. The summed E-state index contributed by atoms with van der Waals surface area (Å²) in [6.45, 7) is 4.85. The minimum atomic E-state index is -0.845. The Morgan fingerprint density at radius 2 is 0.735 bits per heavy atom. The van der Waals surface area contributed by atoms with Crippen LogP contribution >= 0.6 is 0 Å². The first-order valence-electron chi connectivity index (χ1n) is 29.9. The van der Waals surface area contributed by atoms with Gasteiger partial charge in [0.25, 0.3) is 0 Å². The van der Waals surface area contributed by atoms with Gasteiger partial charge in [0, 0.05) is 12.8 Å². The molecule has 1 amide bonds. The van der Waals surface area contributed by atoms with Crippen molar-refractivity contribution >= 4 is 11.9 Å². The summed E-state index contributed by atoms with van der Waals surface area (Å²) >= 11 is 0. The number of ether oxygens (including phenoxy) is 1. The molecule has 68 heavy (non-hydrogen) atoms. The number of carbonyl (C=O) groups is 2. The maximum atomic E-state index is 12.4. The molecule has 0 radical (unpaired) electrons. The van der Waals surface area contributed by atoms with E-state index in [1.54, 1.807) is 6.08 Å². The lowest BCUT2D eigenvalue weighted by Crippen LogP contribution is -2.45. The van der Waals surface area contributed by atoms with Crippen molar-refractivity contribution in [1.82, 2.24) is 5.32 Å². The highest BCUT2D eigenvalue weighted by atomic mass is 16.5. The SMILES string of the molecule is CCCCCC/C=C\C/C=C\CCCCCCCCCC(=O)OCCCCCCCCCCCCCC/C=C\CCCCCCCCCCC(=O)NC(CO)C(O)/C=C/CCCCCCCCC. The summed E-state index contributed by atoms with van der Waals surface area (Å²) in [4.78, 5) is 24.5. The average Bonchev–Trinajstić information content (AvgIpc) is 3.34. The van der Waals surface area contributed by atoms with E-state index < -0.39 is 12.1 Å². The Balaban J connectivity index is 3.39. The molecular weight excluding hydrogens is 839 g/mol. The van der Waals surface area contributed by atoms with E-state index >= 15 is 0 Å². The van der Waals surface area contributed by atoms with Crippen LogP contribution in [0.4, 0.5) is 0 Å². The fourth-order valence-electron chi connectivity index (χ4n) is 8.95. The lowest BCUT2D eigenvalue weighted by molar-refractivity contribution is -0.143. The highest BCUT2D eigenvalue weighted by Crippen LogP contribution is 2.16. The van der Waals surface area contributed by atoms with E-state index in [9.17, 15) is 19.8 Å². The highest BCUT2D eigenvalue weighted by molar-refractivity contribution is 5.76. The van der Waals surface area contributed by atoms with Crippen LogP contribution in [-0.2, 0) is 14.3 Å². The average molecular weight is 955 g/mol. The third-order valence-corrected chi connectivity index (χ3v) is 13.6. The Hall–Kier alpha value is -2.18. The Labute approximate surface area is 423 Å². The fourth-order valence-corrected chi connectivity index (χ4v) is 8.95. The van der Waals surface area contributed by atoms with Gasteiger partial charge in [0.1, 0.15) is 0 Å². The number of amides is 1. The number of esters is 1. The first kappa shape index (κ1) is 65.8. The first-order chi connectivity index (χ1) is 33.5. The van der Waals surface area contributed by atoms with Gasteiger partial charge >= 0.3 is 5.97 Å². The predicted octanol–water partition coefficient (Wildman–Crippen LogP) is 18.6. The van der Waals surface area contributed by atoms with E-state index in [1.165, 1.54) is 231 Å². The number of carbonyl (C=O) groups excluding carboxylic acids is 2. The van der Waals surface area contributed by atoms with E-state index in [2.05, 4.69) is 55.6 Å². The van der Waals surface area contributed by atoms with Crippen LogP contribution in [-0.4, -0.2) is 47.4 Å². The van der Waals surface area contributed by atoms with Crippen LogP contribution in [0, 0.1) is 0 Å². The molecule has 0 aliphatic carbocycles. The summed E-state index contributed by atoms with van der Waals surface area (Å²) in [5.41, 5.74) is 0. The smallest absolute Gasteiger partial charge is 0.305 e. The molecule has 0 aliphatic rings. The zero-order valence-corrected chi connectivity index (χ0v) is 45.3. The number of aliphatic hydroxyl groups excluding tert-OH is 2. The monoisotopic (exact) mass is 954 g/mol. The summed E-state index contributed by atoms with van der Waals surface area (Å²) in [5.74, 6) is -0.0717. The number of allylic oxidation sites excluding steroid dienone is 7. The van der Waals surface area contributed by atoms with Crippen LogP contribution in [0.5, 0.6) is 0 Å². The second-order valence-electron chi connectivity index (χ2n) is 20.3. The van der Waals surface area contributed by atoms with Crippen LogP contribution in [0.1, 0.15) is 309 Å². The van der Waals surface area contributed by atoms with Gasteiger partial charge < -0.3 is 20.3 Å². The van der Waals surface area contributed by atoms with E-state index in [1.807, 2.05) is 6.08 Å². The molecule has 0 spiro atoms. The van der Waals surface area contributed by atoms with Gasteiger partial charge in [0.15, 0.2) is 0 Å². The van der Waals surface area contributed by atoms with Gasteiger partial charge in [-0.25, -0.2) is 0 Å². The molecule has 0 heterocycles.